The van der Waals surface area contributed by atoms with Crippen molar-refractivity contribution in [3.05, 3.63) is 65.0 Å². The van der Waals surface area contributed by atoms with E-state index in [-0.39, 0.29) is 5.56 Å². The third-order valence-electron chi connectivity index (χ3n) is 4.68. The van der Waals surface area contributed by atoms with Crippen molar-refractivity contribution in [3.8, 4) is 5.75 Å². The molecule has 0 aliphatic rings. The number of fused-ring (bicyclic) bond motifs is 3. The van der Waals surface area contributed by atoms with Crippen LogP contribution >= 0.6 is 11.8 Å². The smallest absolute Gasteiger partial charge is 0.262 e. The first-order valence-electron chi connectivity index (χ1n) is 10.0. The van der Waals surface area contributed by atoms with Crippen LogP contribution in [0.5, 0.6) is 5.75 Å². The average molecular weight is 425 g/mol. The van der Waals surface area contributed by atoms with Crippen LogP contribution in [0.4, 0.5) is 0 Å². The van der Waals surface area contributed by atoms with E-state index in [0.29, 0.717) is 43.3 Å². The second-order valence-electron chi connectivity index (χ2n) is 6.65. The molecule has 0 radical (unpaired) electrons. The number of hydrogen-bond donors (Lipinski definition) is 0. The molecule has 0 bridgehead atoms. The first-order chi connectivity index (χ1) is 14.8. The second-order valence-corrected chi connectivity index (χ2v) is 7.71. The lowest BCUT2D eigenvalue weighted by Crippen LogP contribution is -2.24. The summed E-state index contributed by atoms with van der Waals surface area (Å²) in [7, 11) is 0. The molecule has 2 heterocycles. The number of ether oxygens (including phenoxy) is 2. The maximum Gasteiger partial charge on any atom is 0.262 e. The standard InChI is InChI=1S/C22H24N4O3S/c1-2-28-14-8-13-25-20(27)18-11-6-7-12-19(18)26-21(25)23-24-22(26)30-16-15-29-17-9-4-3-5-10-17/h3-7,9-12H,2,8,13-16H2,1H3. The first kappa shape index (κ1) is 20.4. The van der Waals surface area contributed by atoms with Gasteiger partial charge < -0.3 is 9.47 Å². The monoisotopic (exact) mass is 424 g/mol. The van der Waals surface area contributed by atoms with Gasteiger partial charge in [-0.2, -0.15) is 0 Å². The molecule has 0 aliphatic heterocycles. The van der Waals surface area contributed by atoms with Crippen molar-refractivity contribution in [1.29, 1.82) is 0 Å². The van der Waals surface area contributed by atoms with Gasteiger partial charge in [-0.15, -0.1) is 10.2 Å². The number of rotatable bonds is 10. The minimum absolute atomic E-state index is 0.0500. The van der Waals surface area contributed by atoms with Gasteiger partial charge in [-0.3, -0.25) is 13.8 Å². The molecular weight excluding hydrogens is 400 g/mol. The van der Waals surface area contributed by atoms with E-state index in [1.807, 2.05) is 65.9 Å². The highest BCUT2D eigenvalue weighted by Crippen LogP contribution is 2.22. The van der Waals surface area contributed by atoms with E-state index < -0.39 is 0 Å². The number of aromatic nitrogens is 4. The van der Waals surface area contributed by atoms with E-state index in [0.717, 1.165) is 22.8 Å². The lowest BCUT2D eigenvalue weighted by molar-refractivity contribution is 0.141. The summed E-state index contributed by atoms with van der Waals surface area (Å²) in [4.78, 5) is 13.0. The summed E-state index contributed by atoms with van der Waals surface area (Å²) in [5, 5.41) is 10.1. The lowest BCUT2D eigenvalue weighted by Gasteiger charge is -2.11. The summed E-state index contributed by atoms with van der Waals surface area (Å²) in [6.45, 7) is 4.32. The zero-order chi connectivity index (χ0) is 20.8. The van der Waals surface area contributed by atoms with Crippen LogP contribution in [0.15, 0.2) is 64.5 Å². The molecule has 2 aromatic heterocycles. The van der Waals surface area contributed by atoms with Gasteiger partial charge in [0.25, 0.3) is 5.56 Å². The molecule has 4 aromatic rings. The second kappa shape index (κ2) is 9.77. The molecule has 0 unspecified atom stereocenters. The van der Waals surface area contributed by atoms with Crippen molar-refractivity contribution >= 4 is 28.4 Å². The summed E-state index contributed by atoms with van der Waals surface area (Å²) in [6, 6.07) is 17.3. The summed E-state index contributed by atoms with van der Waals surface area (Å²) in [5.41, 5.74) is 0.765. The fraction of sp³-hybridized carbons (Fsp3) is 0.318. The van der Waals surface area contributed by atoms with Crippen molar-refractivity contribution in [2.75, 3.05) is 25.6 Å². The summed E-state index contributed by atoms with van der Waals surface area (Å²) < 4.78 is 14.9. The number of para-hydroxylation sites is 2. The molecular formula is C22H24N4O3S. The van der Waals surface area contributed by atoms with E-state index in [1.165, 1.54) is 0 Å². The molecule has 2 aromatic carbocycles. The van der Waals surface area contributed by atoms with Crippen molar-refractivity contribution < 1.29 is 9.47 Å². The van der Waals surface area contributed by atoms with Crippen LogP contribution in [-0.4, -0.2) is 44.7 Å². The maximum absolute atomic E-state index is 13.0. The Morgan fingerprint density at radius 3 is 2.63 bits per heavy atom. The predicted octanol–water partition coefficient (Wildman–Crippen LogP) is 3.64. The highest BCUT2D eigenvalue weighted by atomic mass is 32.2. The molecule has 0 atom stereocenters. The number of thioether (sulfide) groups is 1. The number of aryl methyl sites for hydroxylation is 1. The van der Waals surface area contributed by atoms with Crippen LogP contribution in [0.25, 0.3) is 16.7 Å². The topological polar surface area (TPSA) is 70.7 Å². The van der Waals surface area contributed by atoms with E-state index >= 15 is 0 Å². The minimum atomic E-state index is -0.0500. The lowest BCUT2D eigenvalue weighted by atomic mass is 10.2. The molecule has 8 heteroatoms. The first-order valence-corrected chi connectivity index (χ1v) is 11.0. The SMILES string of the molecule is CCOCCCn1c(=O)c2ccccc2n2c(SCCOc3ccccc3)nnc12. The van der Waals surface area contributed by atoms with Gasteiger partial charge in [0.05, 0.1) is 17.5 Å². The number of hydrogen-bond acceptors (Lipinski definition) is 6. The number of nitrogens with zero attached hydrogens (tertiary/aromatic N) is 4. The molecule has 156 valence electrons. The molecule has 7 nitrogen and oxygen atoms in total. The van der Waals surface area contributed by atoms with Crippen LogP contribution in [-0.2, 0) is 11.3 Å². The van der Waals surface area contributed by atoms with Gasteiger partial charge in [-0.05, 0) is 37.6 Å². The fourth-order valence-corrected chi connectivity index (χ4v) is 4.06. The third-order valence-corrected chi connectivity index (χ3v) is 5.57. The molecule has 0 N–H and O–H groups in total. The van der Waals surface area contributed by atoms with E-state index in [4.69, 9.17) is 9.47 Å². The molecule has 0 saturated carbocycles. The highest BCUT2D eigenvalue weighted by molar-refractivity contribution is 7.99. The third kappa shape index (κ3) is 4.34. The maximum atomic E-state index is 13.0. The molecule has 30 heavy (non-hydrogen) atoms. The zero-order valence-corrected chi connectivity index (χ0v) is 17.7. The van der Waals surface area contributed by atoms with Crippen LogP contribution < -0.4 is 10.3 Å². The van der Waals surface area contributed by atoms with E-state index in [2.05, 4.69) is 10.2 Å². The Morgan fingerprint density at radius 2 is 1.80 bits per heavy atom. The van der Waals surface area contributed by atoms with Crippen molar-refractivity contribution in [3.63, 3.8) is 0 Å². The van der Waals surface area contributed by atoms with Gasteiger partial charge in [0.2, 0.25) is 5.78 Å². The largest absolute Gasteiger partial charge is 0.493 e. The van der Waals surface area contributed by atoms with Crippen molar-refractivity contribution in [2.45, 2.75) is 25.0 Å². The molecule has 4 rings (SSSR count). The van der Waals surface area contributed by atoms with Gasteiger partial charge in [-0.1, -0.05) is 42.1 Å². The summed E-state index contributed by atoms with van der Waals surface area (Å²) >= 11 is 1.56. The van der Waals surface area contributed by atoms with Gasteiger partial charge in [-0.25, -0.2) is 0 Å². The van der Waals surface area contributed by atoms with Crippen molar-refractivity contribution in [1.82, 2.24) is 19.2 Å². The Hall–Kier alpha value is -2.84. The Kier molecular flexibility index (Phi) is 6.66. The Bertz CT molecular complexity index is 1170. The number of benzene rings is 2. The Morgan fingerprint density at radius 1 is 1.00 bits per heavy atom. The summed E-state index contributed by atoms with van der Waals surface area (Å²) in [6.07, 6.45) is 0.738. The Labute approximate surface area is 178 Å². The molecule has 0 spiro atoms. The normalized spacial score (nSPS) is 11.4. The predicted molar refractivity (Wildman–Crippen MR) is 119 cm³/mol. The molecule has 0 amide bonds. The quantitative estimate of drug-likeness (QED) is 0.286. The molecule has 0 saturated heterocycles. The Balaban J connectivity index is 1.59. The fourth-order valence-electron chi connectivity index (χ4n) is 3.31. The average Bonchev–Trinajstić information content (AvgIpc) is 3.21. The van der Waals surface area contributed by atoms with Crippen LogP contribution in [0, 0.1) is 0 Å². The van der Waals surface area contributed by atoms with Gasteiger partial charge >= 0.3 is 0 Å². The molecule has 0 aliphatic carbocycles. The van der Waals surface area contributed by atoms with Gasteiger partial charge in [0, 0.05) is 25.5 Å². The van der Waals surface area contributed by atoms with E-state index in [9.17, 15) is 4.79 Å². The van der Waals surface area contributed by atoms with Crippen molar-refractivity contribution in [2.24, 2.45) is 0 Å². The van der Waals surface area contributed by atoms with Crippen LogP contribution in [0.2, 0.25) is 0 Å². The van der Waals surface area contributed by atoms with Crippen LogP contribution in [0.1, 0.15) is 13.3 Å². The van der Waals surface area contributed by atoms with Gasteiger partial charge in [0.15, 0.2) is 5.16 Å². The summed E-state index contributed by atoms with van der Waals surface area (Å²) in [5.74, 6) is 2.12. The van der Waals surface area contributed by atoms with Crippen LogP contribution in [0.3, 0.4) is 0 Å². The minimum Gasteiger partial charge on any atom is -0.493 e. The highest BCUT2D eigenvalue weighted by Gasteiger charge is 2.16. The van der Waals surface area contributed by atoms with E-state index in [1.54, 1.807) is 16.3 Å². The molecule has 0 fully saturated rings. The zero-order valence-electron chi connectivity index (χ0n) is 16.9. The van der Waals surface area contributed by atoms with Gasteiger partial charge in [0.1, 0.15) is 5.75 Å².